The highest BCUT2D eigenvalue weighted by Gasteiger charge is 2.33. The van der Waals surface area contributed by atoms with Gasteiger partial charge in [0.25, 0.3) is 0 Å². The number of nitrogens with one attached hydrogen (secondary N) is 2. The minimum absolute atomic E-state index is 0.0156. The summed E-state index contributed by atoms with van der Waals surface area (Å²) in [5.41, 5.74) is 1.79. The van der Waals surface area contributed by atoms with Crippen LogP contribution < -0.4 is 10.6 Å². The molecule has 1 aliphatic rings. The van der Waals surface area contributed by atoms with Crippen LogP contribution in [-0.4, -0.2) is 60.3 Å². The topological polar surface area (TPSA) is 74.9 Å². The second-order valence-electron chi connectivity index (χ2n) is 8.26. The highest BCUT2D eigenvalue weighted by molar-refractivity contribution is 5.79. The third-order valence-corrected chi connectivity index (χ3v) is 5.20. The molecule has 2 unspecified atom stereocenters. The van der Waals surface area contributed by atoms with Gasteiger partial charge < -0.3 is 19.8 Å². The molecule has 0 amide bonds. The number of nitrogens with zero attached hydrogens (tertiary/aromatic N) is 3. The lowest BCUT2D eigenvalue weighted by Crippen LogP contribution is -2.59. The van der Waals surface area contributed by atoms with Gasteiger partial charge in [0.15, 0.2) is 5.96 Å². The van der Waals surface area contributed by atoms with E-state index in [4.69, 9.17) is 9.15 Å². The highest BCUT2D eigenvalue weighted by Crippen LogP contribution is 2.21. The molecule has 1 aromatic heterocycles. The molecule has 7 nitrogen and oxygen atoms in total. The van der Waals surface area contributed by atoms with E-state index < -0.39 is 0 Å². The Labute approximate surface area is 173 Å². The van der Waals surface area contributed by atoms with Crippen LogP contribution >= 0.6 is 0 Å². The molecule has 1 saturated heterocycles. The first-order valence-corrected chi connectivity index (χ1v) is 10.2. The van der Waals surface area contributed by atoms with Gasteiger partial charge in [0.2, 0.25) is 5.89 Å². The van der Waals surface area contributed by atoms with Crippen molar-refractivity contribution in [2.24, 2.45) is 4.99 Å². The van der Waals surface area contributed by atoms with Crippen molar-refractivity contribution in [1.82, 2.24) is 20.5 Å². The van der Waals surface area contributed by atoms with Crippen molar-refractivity contribution in [1.29, 1.82) is 0 Å². The SMILES string of the molecule is CN=C(NCc1coc(-c2ccccc2)n1)NCC(C)(C)N1CC(C)OC(C)C1. The molecule has 3 rings (SSSR count). The largest absolute Gasteiger partial charge is 0.444 e. The second-order valence-corrected chi connectivity index (χ2v) is 8.26. The fourth-order valence-electron chi connectivity index (χ4n) is 3.58. The van der Waals surface area contributed by atoms with E-state index >= 15 is 0 Å². The van der Waals surface area contributed by atoms with Crippen molar-refractivity contribution in [3.05, 3.63) is 42.3 Å². The smallest absolute Gasteiger partial charge is 0.226 e. The Morgan fingerprint density at radius 3 is 2.52 bits per heavy atom. The van der Waals surface area contributed by atoms with E-state index in [9.17, 15) is 0 Å². The molecule has 0 aliphatic carbocycles. The zero-order chi connectivity index (χ0) is 20.9. The van der Waals surface area contributed by atoms with Gasteiger partial charge in [-0.2, -0.15) is 0 Å². The summed E-state index contributed by atoms with van der Waals surface area (Å²) in [5, 5.41) is 6.76. The third kappa shape index (κ3) is 5.81. The summed E-state index contributed by atoms with van der Waals surface area (Å²) in [6.07, 6.45) is 2.19. The number of oxazole rings is 1. The highest BCUT2D eigenvalue weighted by atomic mass is 16.5. The van der Waals surface area contributed by atoms with E-state index in [1.165, 1.54) is 0 Å². The van der Waals surface area contributed by atoms with Crippen molar-refractivity contribution in [3.63, 3.8) is 0 Å². The van der Waals surface area contributed by atoms with Crippen molar-refractivity contribution < 1.29 is 9.15 Å². The third-order valence-electron chi connectivity index (χ3n) is 5.20. The van der Waals surface area contributed by atoms with Crippen LogP contribution in [0.15, 0.2) is 46.0 Å². The van der Waals surface area contributed by atoms with Crippen molar-refractivity contribution in [2.45, 2.75) is 52.0 Å². The number of rotatable bonds is 6. The number of hydrogen-bond acceptors (Lipinski definition) is 5. The fourth-order valence-corrected chi connectivity index (χ4v) is 3.58. The van der Waals surface area contributed by atoms with Crippen LogP contribution in [0.5, 0.6) is 0 Å². The van der Waals surface area contributed by atoms with Gasteiger partial charge in [-0.15, -0.1) is 0 Å². The predicted molar refractivity (Wildman–Crippen MR) is 116 cm³/mol. The van der Waals surface area contributed by atoms with Crippen LogP contribution in [0.2, 0.25) is 0 Å². The Balaban J connectivity index is 1.51. The maximum absolute atomic E-state index is 5.87. The minimum atomic E-state index is -0.0156. The maximum Gasteiger partial charge on any atom is 0.226 e. The summed E-state index contributed by atoms with van der Waals surface area (Å²) in [5.74, 6) is 1.37. The lowest BCUT2D eigenvalue weighted by atomic mass is 10.00. The van der Waals surface area contributed by atoms with Gasteiger partial charge in [0.05, 0.1) is 24.4 Å². The van der Waals surface area contributed by atoms with Crippen LogP contribution in [0, 0.1) is 0 Å². The molecule has 2 aromatic rings. The number of benzene rings is 1. The number of morpholine rings is 1. The summed E-state index contributed by atoms with van der Waals surface area (Å²) in [6, 6.07) is 9.89. The van der Waals surface area contributed by atoms with Crippen molar-refractivity contribution >= 4 is 5.96 Å². The van der Waals surface area contributed by atoms with Gasteiger partial charge in [0.1, 0.15) is 6.26 Å². The molecule has 0 bridgehead atoms. The van der Waals surface area contributed by atoms with Crippen LogP contribution in [0.4, 0.5) is 0 Å². The molecule has 0 saturated carbocycles. The molecule has 2 heterocycles. The average molecular weight is 400 g/mol. The number of aromatic nitrogens is 1. The van der Waals surface area contributed by atoms with Crippen molar-refractivity contribution in [3.8, 4) is 11.5 Å². The number of aliphatic imine (C=N–C) groups is 1. The summed E-state index contributed by atoms with van der Waals surface area (Å²) in [4.78, 5) is 11.4. The Morgan fingerprint density at radius 2 is 1.86 bits per heavy atom. The van der Waals surface area contributed by atoms with Crippen LogP contribution in [-0.2, 0) is 11.3 Å². The Bertz CT molecular complexity index is 793. The maximum atomic E-state index is 5.87. The van der Waals surface area contributed by atoms with Crippen LogP contribution in [0.3, 0.4) is 0 Å². The van der Waals surface area contributed by atoms with E-state index in [2.05, 4.69) is 53.2 Å². The Morgan fingerprint density at radius 1 is 1.17 bits per heavy atom. The summed E-state index contributed by atoms with van der Waals surface area (Å²) >= 11 is 0. The molecule has 1 aromatic carbocycles. The molecule has 29 heavy (non-hydrogen) atoms. The Kier molecular flexibility index (Phi) is 6.92. The lowest BCUT2D eigenvalue weighted by Gasteiger charge is -2.45. The number of hydrogen-bond donors (Lipinski definition) is 2. The molecule has 0 spiro atoms. The molecule has 158 valence electrons. The molecule has 1 aliphatic heterocycles. The average Bonchev–Trinajstić information content (AvgIpc) is 3.17. The fraction of sp³-hybridized carbons (Fsp3) is 0.545. The first-order valence-electron chi connectivity index (χ1n) is 10.2. The van der Waals surface area contributed by atoms with E-state index in [1.54, 1.807) is 13.3 Å². The van der Waals surface area contributed by atoms with Crippen LogP contribution in [0.25, 0.3) is 11.5 Å². The minimum Gasteiger partial charge on any atom is -0.444 e. The zero-order valence-electron chi connectivity index (χ0n) is 18.1. The molecular formula is C22H33N5O2. The van der Waals surface area contributed by atoms with E-state index in [1.807, 2.05) is 30.3 Å². The standard InChI is InChI=1S/C22H33N5O2/c1-16-12-27(13-17(2)29-16)22(3,4)15-25-21(23-5)24-11-19-14-28-20(26-19)18-9-7-6-8-10-18/h6-10,14,16-17H,11-13,15H2,1-5H3,(H2,23,24,25). The van der Waals surface area contributed by atoms with E-state index in [0.717, 1.165) is 36.9 Å². The Hall–Kier alpha value is -2.38. The summed E-state index contributed by atoms with van der Waals surface area (Å²) in [6.45, 7) is 12.0. The first kappa shape index (κ1) is 21.3. The van der Waals surface area contributed by atoms with E-state index in [-0.39, 0.29) is 17.7 Å². The monoisotopic (exact) mass is 399 g/mol. The van der Waals surface area contributed by atoms with Gasteiger partial charge in [-0.3, -0.25) is 9.89 Å². The van der Waals surface area contributed by atoms with Gasteiger partial charge >= 0.3 is 0 Å². The zero-order valence-corrected chi connectivity index (χ0v) is 18.1. The van der Waals surface area contributed by atoms with Gasteiger partial charge in [-0.1, -0.05) is 18.2 Å². The normalized spacial score (nSPS) is 21.2. The first-order chi connectivity index (χ1) is 13.9. The molecular weight excluding hydrogens is 366 g/mol. The van der Waals surface area contributed by atoms with Gasteiger partial charge in [-0.25, -0.2) is 4.98 Å². The molecule has 2 atom stereocenters. The molecule has 7 heteroatoms. The number of guanidine groups is 1. The van der Waals surface area contributed by atoms with Gasteiger partial charge in [0, 0.05) is 37.8 Å². The molecule has 0 radical (unpaired) electrons. The second kappa shape index (κ2) is 9.41. The van der Waals surface area contributed by atoms with Crippen molar-refractivity contribution in [2.75, 3.05) is 26.7 Å². The van der Waals surface area contributed by atoms with Gasteiger partial charge in [-0.05, 0) is 39.8 Å². The predicted octanol–water partition coefficient (Wildman–Crippen LogP) is 2.89. The molecule has 1 fully saturated rings. The number of ether oxygens (including phenoxy) is 1. The summed E-state index contributed by atoms with van der Waals surface area (Å²) in [7, 11) is 1.78. The van der Waals surface area contributed by atoms with Crippen LogP contribution in [0.1, 0.15) is 33.4 Å². The van der Waals surface area contributed by atoms with E-state index in [0.29, 0.717) is 12.4 Å². The quantitative estimate of drug-likeness (QED) is 0.575. The summed E-state index contributed by atoms with van der Waals surface area (Å²) < 4.78 is 11.5. The lowest BCUT2D eigenvalue weighted by molar-refractivity contribution is -0.0946. The molecule has 2 N–H and O–H groups in total.